The quantitative estimate of drug-likeness (QED) is 0.105. The topological polar surface area (TPSA) is 110 Å². The maximum absolute atomic E-state index is 12.7. The van der Waals surface area contributed by atoms with Crippen molar-refractivity contribution in [3.63, 3.8) is 0 Å². The molecule has 3 N–H and O–H groups in total. The van der Waals surface area contributed by atoms with Gasteiger partial charge < -0.3 is 24.8 Å². The predicted octanol–water partition coefficient (Wildman–Crippen LogP) is 4.66. The van der Waals surface area contributed by atoms with Crippen LogP contribution in [0.4, 0.5) is 0 Å². The molecule has 2 aromatic carbocycles. The lowest BCUT2D eigenvalue weighted by molar-refractivity contribution is -0.139. The smallest absolute Gasteiger partial charge is 0.338 e. The lowest BCUT2D eigenvalue weighted by Crippen LogP contribution is -2.45. The third-order valence-corrected chi connectivity index (χ3v) is 6.40. The van der Waals surface area contributed by atoms with Crippen LogP contribution in [0.3, 0.4) is 0 Å². The first kappa shape index (κ1) is 29.3. The molecule has 0 saturated carbocycles. The number of thiocarbonyl (C=S) groups is 1. The van der Waals surface area contributed by atoms with Crippen molar-refractivity contribution >= 4 is 67.3 Å². The molecule has 0 unspecified atom stereocenters. The first-order valence-electron chi connectivity index (χ1n) is 11.5. The summed E-state index contributed by atoms with van der Waals surface area (Å²) in [5.74, 6) is 0.00341. The van der Waals surface area contributed by atoms with E-state index in [4.69, 9.17) is 26.4 Å². The lowest BCUT2D eigenvalue weighted by Gasteiger charge is -2.30. The first-order valence-corrected chi connectivity index (χ1v) is 13.5. The van der Waals surface area contributed by atoms with Crippen LogP contribution in [0.15, 0.2) is 74.4 Å². The molecule has 1 aliphatic rings. The molecule has 12 heteroatoms. The number of para-hydroxylation sites is 1. The number of rotatable bonds is 11. The van der Waals surface area contributed by atoms with Crippen molar-refractivity contribution in [2.45, 2.75) is 19.9 Å². The number of benzene rings is 2. The zero-order chi connectivity index (χ0) is 27.7. The summed E-state index contributed by atoms with van der Waals surface area (Å²) in [4.78, 5) is 25.2. The van der Waals surface area contributed by atoms with Gasteiger partial charge in [-0.05, 0) is 60.2 Å². The van der Waals surface area contributed by atoms with Crippen molar-refractivity contribution < 1.29 is 23.8 Å². The minimum absolute atomic E-state index is 0.227. The number of hydrogen-bond acceptors (Lipinski definition) is 7. The zero-order valence-electron chi connectivity index (χ0n) is 20.7. The second kappa shape index (κ2) is 14.1. The lowest BCUT2D eigenvalue weighted by atomic mass is 9.95. The van der Waals surface area contributed by atoms with Crippen LogP contribution >= 0.6 is 44.1 Å². The van der Waals surface area contributed by atoms with Crippen LogP contribution in [-0.2, 0) is 14.3 Å². The van der Waals surface area contributed by atoms with E-state index in [1.165, 1.54) is 6.21 Å². The average Bonchev–Trinajstić information content (AvgIpc) is 2.86. The van der Waals surface area contributed by atoms with Gasteiger partial charge >= 0.3 is 5.97 Å². The largest absolute Gasteiger partial charge is 0.488 e. The van der Waals surface area contributed by atoms with Crippen LogP contribution in [0.1, 0.15) is 31.0 Å². The molecule has 1 atom stereocenters. The number of nitrogens with zero attached hydrogens (tertiary/aromatic N) is 1. The predicted molar refractivity (Wildman–Crippen MR) is 156 cm³/mol. The number of esters is 1. The van der Waals surface area contributed by atoms with Gasteiger partial charge in [-0.15, -0.1) is 0 Å². The zero-order valence-corrected chi connectivity index (χ0v) is 24.7. The summed E-state index contributed by atoms with van der Waals surface area (Å²) < 4.78 is 18.3. The van der Waals surface area contributed by atoms with Crippen molar-refractivity contribution in [3.05, 3.63) is 80.4 Å². The van der Waals surface area contributed by atoms with Crippen LogP contribution in [-0.4, -0.2) is 43.0 Å². The van der Waals surface area contributed by atoms with Gasteiger partial charge in [0, 0.05) is 21.3 Å². The number of carbonyl (C=O) groups excluding carboxylic acids is 2. The second-order valence-electron chi connectivity index (χ2n) is 7.82. The summed E-state index contributed by atoms with van der Waals surface area (Å²) >= 11 is 12.2. The van der Waals surface area contributed by atoms with Gasteiger partial charge in [0.1, 0.15) is 18.1 Å². The fourth-order valence-corrected chi connectivity index (χ4v) is 5.22. The number of carbonyl (C=O) groups is 2. The molecule has 3 rings (SSSR count). The molecule has 1 amide bonds. The Bertz CT molecular complexity index is 1300. The number of ether oxygens (including phenoxy) is 3. The molecule has 2 aromatic rings. The highest BCUT2D eigenvalue weighted by molar-refractivity contribution is 9.11. The van der Waals surface area contributed by atoms with Crippen molar-refractivity contribution in [2.75, 3.05) is 19.8 Å². The van der Waals surface area contributed by atoms with E-state index in [2.05, 4.69) is 59.6 Å². The summed E-state index contributed by atoms with van der Waals surface area (Å²) in [5.41, 5.74) is 4.67. The van der Waals surface area contributed by atoms with Gasteiger partial charge in [-0.2, -0.15) is 5.10 Å². The summed E-state index contributed by atoms with van der Waals surface area (Å²) in [6, 6.07) is 10.1. The maximum atomic E-state index is 12.7. The average molecular weight is 666 g/mol. The molecule has 0 bridgehead atoms. The monoisotopic (exact) mass is 664 g/mol. The Morgan fingerprint density at radius 2 is 2.00 bits per heavy atom. The summed E-state index contributed by atoms with van der Waals surface area (Å²) in [7, 11) is 0. The van der Waals surface area contributed by atoms with E-state index < -0.39 is 17.9 Å². The van der Waals surface area contributed by atoms with Gasteiger partial charge in [0.15, 0.2) is 11.7 Å². The number of hydrazone groups is 1. The highest BCUT2D eigenvalue weighted by Crippen LogP contribution is 2.34. The second-order valence-corrected chi connectivity index (χ2v) is 9.99. The van der Waals surface area contributed by atoms with Crippen LogP contribution in [0.2, 0.25) is 0 Å². The van der Waals surface area contributed by atoms with Crippen LogP contribution < -0.4 is 25.5 Å². The maximum Gasteiger partial charge on any atom is 0.338 e. The summed E-state index contributed by atoms with van der Waals surface area (Å²) in [6.07, 6.45) is 3.10. The number of nitrogens with one attached hydrogen (secondary N) is 3. The molecule has 0 radical (unpaired) electrons. The number of allylic oxidation sites excluding steroid dienone is 1. The molecule has 0 saturated heterocycles. The molecule has 0 spiro atoms. The van der Waals surface area contributed by atoms with Gasteiger partial charge in [-0.1, -0.05) is 46.8 Å². The fraction of sp³-hybridized carbons (Fsp3) is 0.231. The minimum Gasteiger partial charge on any atom is -0.488 e. The number of halogens is 2. The van der Waals surface area contributed by atoms with E-state index in [0.29, 0.717) is 45.6 Å². The highest BCUT2D eigenvalue weighted by Gasteiger charge is 2.32. The van der Waals surface area contributed by atoms with Gasteiger partial charge in [-0.25, -0.2) is 10.2 Å². The molecule has 9 nitrogen and oxygen atoms in total. The molecule has 38 heavy (non-hydrogen) atoms. The Morgan fingerprint density at radius 3 is 2.74 bits per heavy atom. The van der Waals surface area contributed by atoms with Crippen LogP contribution in [0.5, 0.6) is 11.5 Å². The molecule has 200 valence electrons. The molecule has 1 heterocycles. The number of hydrogen-bond donors (Lipinski definition) is 3. The van der Waals surface area contributed by atoms with Gasteiger partial charge in [0.25, 0.3) is 5.91 Å². The van der Waals surface area contributed by atoms with E-state index in [-0.39, 0.29) is 13.2 Å². The summed E-state index contributed by atoms with van der Waals surface area (Å²) in [5, 5.41) is 10.4. The van der Waals surface area contributed by atoms with E-state index in [9.17, 15) is 9.59 Å². The third-order valence-electron chi connectivity index (χ3n) is 5.13. The molecule has 1 aliphatic heterocycles. The fourth-order valence-electron chi connectivity index (χ4n) is 3.58. The normalized spacial score (nSPS) is 14.9. The van der Waals surface area contributed by atoms with Gasteiger partial charge in [0.2, 0.25) is 0 Å². The molecule has 0 fully saturated rings. The molecular weight excluding hydrogens is 640 g/mol. The third kappa shape index (κ3) is 7.65. The van der Waals surface area contributed by atoms with Crippen LogP contribution in [0.25, 0.3) is 0 Å². The Labute approximate surface area is 242 Å². The van der Waals surface area contributed by atoms with Crippen molar-refractivity contribution in [1.82, 2.24) is 16.1 Å². The Hall–Kier alpha value is -3.22. The van der Waals surface area contributed by atoms with Crippen molar-refractivity contribution in [2.24, 2.45) is 5.10 Å². The Morgan fingerprint density at radius 1 is 1.24 bits per heavy atom. The SMILES string of the molecule is C=CCOc1c(Br)cc(Br)cc1C=NNC(=O)COc1ccccc1[C@H]1NC(=S)NC(C)=C1C(=O)OCC. The van der Waals surface area contributed by atoms with E-state index in [1.54, 1.807) is 50.3 Å². The standard InChI is InChI=1S/C26H26Br2N4O5S/c1-4-10-36-24-16(11-17(27)12-19(24)28)13-29-32-21(33)14-37-20-9-7-6-8-18(20)23-22(25(34)35-5-2)15(3)30-26(38)31-23/h4,6-9,11-13,23H,1,5,10,14H2,2-3H3,(H,32,33)(H2,30,31,38)/t23-/m1/s1. The van der Waals surface area contributed by atoms with E-state index >= 15 is 0 Å². The van der Waals surface area contributed by atoms with E-state index in [1.807, 2.05) is 6.07 Å². The first-order chi connectivity index (χ1) is 18.2. The molecular formula is C26H26Br2N4O5S. The Balaban J connectivity index is 1.72. The molecule has 0 aromatic heterocycles. The highest BCUT2D eigenvalue weighted by atomic mass is 79.9. The van der Waals surface area contributed by atoms with Crippen molar-refractivity contribution in [3.8, 4) is 11.5 Å². The minimum atomic E-state index is -0.621. The Kier molecular flexibility index (Phi) is 10.9. The summed E-state index contributed by atoms with van der Waals surface area (Å²) in [6.45, 7) is 7.36. The molecule has 0 aliphatic carbocycles. The number of amides is 1. The van der Waals surface area contributed by atoms with Gasteiger partial charge in [-0.3, -0.25) is 4.79 Å². The van der Waals surface area contributed by atoms with Gasteiger partial charge in [0.05, 0.1) is 28.9 Å². The van der Waals surface area contributed by atoms with Crippen molar-refractivity contribution in [1.29, 1.82) is 0 Å². The van der Waals surface area contributed by atoms with E-state index in [0.717, 1.165) is 8.95 Å². The van der Waals surface area contributed by atoms with Crippen LogP contribution in [0, 0.1) is 0 Å².